The van der Waals surface area contributed by atoms with Gasteiger partial charge in [-0.1, -0.05) is 95.0 Å². The van der Waals surface area contributed by atoms with E-state index in [1.165, 1.54) is 63.5 Å². The smallest absolute Gasteiger partial charge is 0.290 e. The van der Waals surface area contributed by atoms with Crippen molar-refractivity contribution in [1.29, 1.82) is 0 Å². The number of benzene rings is 2. The molecule has 0 aliphatic heterocycles. The van der Waals surface area contributed by atoms with E-state index < -0.39 is 9.85 Å². The van der Waals surface area contributed by atoms with Crippen LogP contribution in [0, 0.1) is 20.2 Å². The van der Waals surface area contributed by atoms with Crippen LogP contribution in [0.5, 0.6) is 0 Å². The van der Waals surface area contributed by atoms with Crippen molar-refractivity contribution in [2.24, 2.45) is 0 Å². The largest absolute Gasteiger partial charge is 0.302 e. The van der Waals surface area contributed by atoms with Gasteiger partial charge in [0.05, 0.1) is 20.8 Å². The molecule has 0 bridgehead atoms. The molecule has 2 aromatic carbocycles. The maximum atomic E-state index is 11.6. The fourth-order valence-electron chi connectivity index (χ4n) is 4.07. The minimum atomic E-state index is -0.636. The zero-order valence-corrected chi connectivity index (χ0v) is 21.5. The third-order valence-corrected chi connectivity index (χ3v) is 7.09. The minimum absolute atomic E-state index is 0.293. The lowest BCUT2D eigenvalue weighted by Crippen LogP contribution is -2.03. The molecular formula is C26H33N5O4S. The average molecular weight is 512 g/mol. The molecule has 0 saturated heterocycles. The van der Waals surface area contributed by atoms with Gasteiger partial charge in [0.2, 0.25) is 0 Å². The van der Waals surface area contributed by atoms with Gasteiger partial charge in [0.25, 0.3) is 11.4 Å². The molecule has 192 valence electrons. The van der Waals surface area contributed by atoms with E-state index in [2.05, 4.69) is 17.1 Å². The number of hydrogen-bond acceptors (Lipinski definition) is 7. The van der Waals surface area contributed by atoms with Crippen LogP contribution in [0.25, 0.3) is 11.4 Å². The number of nitro groups is 2. The van der Waals surface area contributed by atoms with Crippen LogP contribution in [-0.4, -0.2) is 24.6 Å². The Morgan fingerprint density at radius 1 is 0.806 bits per heavy atom. The molecule has 0 aliphatic rings. The molecule has 0 radical (unpaired) electrons. The molecule has 1 heterocycles. The van der Waals surface area contributed by atoms with Crippen molar-refractivity contribution in [2.75, 3.05) is 0 Å². The zero-order chi connectivity index (χ0) is 25.8. The highest BCUT2D eigenvalue weighted by atomic mass is 32.2. The summed E-state index contributed by atoms with van der Waals surface area (Å²) in [7, 11) is 0. The third-order valence-electron chi connectivity index (χ3n) is 6.04. The number of rotatable bonds is 16. The molecule has 0 atom stereocenters. The summed E-state index contributed by atoms with van der Waals surface area (Å²) < 4.78 is 2.00. The van der Waals surface area contributed by atoms with E-state index in [-0.39, 0.29) is 11.4 Å². The van der Waals surface area contributed by atoms with Gasteiger partial charge < -0.3 is 4.57 Å². The summed E-state index contributed by atoms with van der Waals surface area (Å²) in [6.45, 7) is 2.92. The summed E-state index contributed by atoms with van der Waals surface area (Å²) in [6.07, 6.45) is 12.3. The van der Waals surface area contributed by atoms with Gasteiger partial charge in [-0.15, -0.1) is 10.2 Å². The summed E-state index contributed by atoms with van der Waals surface area (Å²) in [6, 6.07) is 13.4. The molecule has 3 aromatic rings. The lowest BCUT2D eigenvalue weighted by Gasteiger charge is -2.10. The molecule has 10 heteroatoms. The van der Waals surface area contributed by atoms with Gasteiger partial charge in [-0.3, -0.25) is 20.2 Å². The Balaban J connectivity index is 1.70. The zero-order valence-electron chi connectivity index (χ0n) is 20.7. The summed E-state index contributed by atoms with van der Waals surface area (Å²) in [5, 5.41) is 31.9. The van der Waals surface area contributed by atoms with Crippen molar-refractivity contribution >= 4 is 23.1 Å². The van der Waals surface area contributed by atoms with Crippen LogP contribution in [-0.2, 0) is 6.54 Å². The highest BCUT2D eigenvalue weighted by molar-refractivity contribution is 7.99. The number of non-ortho nitro benzene ring substituents is 1. The van der Waals surface area contributed by atoms with Crippen molar-refractivity contribution in [3.63, 3.8) is 0 Å². The molecule has 9 nitrogen and oxygen atoms in total. The van der Waals surface area contributed by atoms with E-state index in [9.17, 15) is 20.2 Å². The van der Waals surface area contributed by atoms with E-state index >= 15 is 0 Å². The maximum Gasteiger partial charge on any atom is 0.290 e. The summed E-state index contributed by atoms with van der Waals surface area (Å²) in [5.74, 6) is 0.707. The Bertz CT molecular complexity index is 1140. The second-order valence-corrected chi connectivity index (χ2v) is 9.78. The van der Waals surface area contributed by atoms with Crippen molar-refractivity contribution in [3.8, 4) is 11.4 Å². The number of unbranched alkanes of at least 4 members (excludes halogenated alkanes) is 9. The highest BCUT2D eigenvalue weighted by Crippen LogP contribution is 2.37. The Kier molecular flexibility index (Phi) is 10.9. The fourth-order valence-corrected chi connectivity index (χ4v) is 5.01. The molecule has 1 aromatic heterocycles. The van der Waals surface area contributed by atoms with Crippen molar-refractivity contribution in [2.45, 2.75) is 87.7 Å². The number of aromatic nitrogens is 3. The first-order valence-electron chi connectivity index (χ1n) is 12.6. The maximum absolute atomic E-state index is 11.6. The average Bonchev–Trinajstić information content (AvgIpc) is 3.27. The molecule has 0 aliphatic carbocycles. The van der Waals surface area contributed by atoms with Crippen LogP contribution in [0.15, 0.2) is 58.6 Å². The van der Waals surface area contributed by atoms with Gasteiger partial charge in [-0.25, -0.2) is 0 Å². The Labute approximate surface area is 215 Å². The molecule has 0 unspecified atom stereocenters. The topological polar surface area (TPSA) is 117 Å². The monoisotopic (exact) mass is 511 g/mol. The molecule has 0 saturated carbocycles. The predicted molar refractivity (Wildman–Crippen MR) is 141 cm³/mol. The Hall–Kier alpha value is -3.27. The van der Waals surface area contributed by atoms with Crippen LogP contribution in [0.4, 0.5) is 11.4 Å². The fraction of sp³-hybridized carbons (Fsp3) is 0.462. The lowest BCUT2D eigenvalue weighted by molar-refractivity contribution is -0.396. The van der Waals surface area contributed by atoms with E-state index in [0.29, 0.717) is 22.4 Å². The van der Waals surface area contributed by atoms with Crippen molar-refractivity contribution in [3.05, 3.63) is 68.8 Å². The van der Waals surface area contributed by atoms with Gasteiger partial charge in [0.1, 0.15) is 0 Å². The number of nitrogens with zero attached hydrogens (tertiary/aromatic N) is 5. The highest BCUT2D eigenvalue weighted by Gasteiger charge is 2.23. The van der Waals surface area contributed by atoms with Gasteiger partial charge >= 0.3 is 0 Å². The number of nitro benzene ring substituents is 2. The first-order chi connectivity index (χ1) is 17.5. The third kappa shape index (κ3) is 7.87. The SMILES string of the molecule is CCCCCCCCCCCCn1c(Sc2ccc([N+](=O)[O-])cc2[N+](=O)[O-])nnc1-c1ccccc1. The molecule has 3 rings (SSSR count). The van der Waals surface area contributed by atoms with Crippen LogP contribution in [0.1, 0.15) is 71.1 Å². The van der Waals surface area contributed by atoms with Crippen molar-refractivity contribution in [1.82, 2.24) is 14.8 Å². The van der Waals surface area contributed by atoms with Crippen molar-refractivity contribution < 1.29 is 9.85 Å². The molecule has 0 amide bonds. The van der Waals surface area contributed by atoms with Gasteiger partial charge in [-0.05, 0) is 24.2 Å². The van der Waals surface area contributed by atoms with E-state index in [4.69, 9.17) is 0 Å². The molecule has 0 spiro atoms. The minimum Gasteiger partial charge on any atom is -0.302 e. The van der Waals surface area contributed by atoms with Crippen LogP contribution >= 0.6 is 11.8 Å². The van der Waals surface area contributed by atoms with E-state index in [0.717, 1.165) is 36.2 Å². The van der Waals surface area contributed by atoms with Crippen LogP contribution in [0.3, 0.4) is 0 Å². The Morgan fingerprint density at radius 3 is 2.06 bits per heavy atom. The van der Waals surface area contributed by atoms with Crippen LogP contribution in [0.2, 0.25) is 0 Å². The van der Waals surface area contributed by atoms with Gasteiger partial charge in [0, 0.05) is 18.2 Å². The molecule has 36 heavy (non-hydrogen) atoms. The van der Waals surface area contributed by atoms with Gasteiger partial charge in [0.15, 0.2) is 11.0 Å². The van der Waals surface area contributed by atoms with Crippen LogP contribution < -0.4 is 0 Å². The number of hydrogen-bond donors (Lipinski definition) is 0. The standard InChI is InChI=1S/C26H33N5O4S/c1-2-3-4-5-6-7-8-9-10-14-19-29-25(21-15-12-11-13-16-21)27-28-26(29)36-24-18-17-22(30(32)33)20-23(24)31(34)35/h11-13,15-18,20H,2-10,14,19H2,1H3. The van der Waals surface area contributed by atoms with E-state index in [1.54, 1.807) is 0 Å². The van der Waals surface area contributed by atoms with Gasteiger partial charge in [-0.2, -0.15) is 0 Å². The second kappa shape index (κ2) is 14.3. The normalized spacial score (nSPS) is 11.0. The summed E-state index contributed by atoms with van der Waals surface area (Å²) >= 11 is 1.11. The Morgan fingerprint density at radius 2 is 1.44 bits per heavy atom. The molecule has 0 fully saturated rings. The predicted octanol–water partition coefficient (Wildman–Crippen LogP) is 7.83. The summed E-state index contributed by atoms with van der Waals surface area (Å²) in [4.78, 5) is 21.7. The lowest BCUT2D eigenvalue weighted by atomic mass is 10.1. The summed E-state index contributed by atoms with van der Waals surface area (Å²) in [5.41, 5.74) is 0.286. The molecule has 0 N–H and O–H groups in total. The molecular weight excluding hydrogens is 478 g/mol. The van der Waals surface area contributed by atoms with E-state index in [1.807, 2.05) is 34.9 Å². The first-order valence-corrected chi connectivity index (χ1v) is 13.4. The quantitative estimate of drug-likeness (QED) is 0.109. The second-order valence-electron chi connectivity index (χ2n) is 8.77. The first kappa shape index (κ1) is 27.3.